The summed E-state index contributed by atoms with van der Waals surface area (Å²) in [6.07, 6.45) is 2.49. The molecular formula is C23H23N3O4S. The lowest BCUT2D eigenvalue weighted by Crippen LogP contribution is -2.29. The molecule has 31 heavy (non-hydrogen) atoms. The Labute approximate surface area is 181 Å². The third-order valence-electron chi connectivity index (χ3n) is 4.57. The summed E-state index contributed by atoms with van der Waals surface area (Å²) in [6, 6.07) is 20.5. The normalized spacial score (nSPS) is 11.4. The maximum Gasteiger partial charge on any atom is 0.271 e. The molecule has 0 fully saturated rings. The fourth-order valence-electron chi connectivity index (χ4n) is 2.86. The molecule has 0 saturated carbocycles. The van der Waals surface area contributed by atoms with Gasteiger partial charge in [0.05, 0.1) is 24.7 Å². The van der Waals surface area contributed by atoms with Gasteiger partial charge in [0, 0.05) is 11.1 Å². The van der Waals surface area contributed by atoms with E-state index in [0.29, 0.717) is 16.8 Å². The van der Waals surface area contributed by atoms with Gasteiger partial charge in [-0.2, -0.15) is 5.10 Å². The van der Waals surface area contributed by atoms with Crippen LogP contribution in [0.25, 0.3) is 0 Å². The zero-order valence-corrected chi connectivity index (χ0v) is 18.0. The number of benzene rings is 3. The Morgan fingerprint density at radius 1 is 1.03 bits per heavy atom. The number of amides is 1. The largest absolute Gasteiger partial charge is 0.507 e. The third-order valence-corrected chi connectivity index (χ3v) is 5.71. The summed E-state index contributed by atoms with van der Waals surface area (Å²) in [5, 5.41) is 13.6. The van der Waals surface area contributed by atoms with E-state index >= 15 is 0 Å². The van der Waals surface area contributed by atoms with Crippen molar-refractivity contribution >= 4 is 27.8 Å². The Bertz CT molecular complexity index is 1190. The number of aryl methyl sites for hydroxylation is 1. The minimum absolute atomic E-state index is 0.0549. The molecule has 1 amide bonds. The lowest BCUT2D eigenvalue weighted by atomic mass is 10.1. The van der Waals surface area contributed by atoms with E-state index < -0.39 is 15.9 Å². The van der Waals surface area contributed by atoms with Crippen molar-refractivity contribution in [2.75, 3.05) is 10.6 Å². The number of carbonyl (C=O) groups is 1. The van der Waals surface area contributed by atoms with E-state index in [1.165, 1.54) is 28.7 Å². The number of hydrogen-bond acceptors (Lipinski definition) is 5. The van der Waals surface area contributed by atoms with Crippen LogP contribution in [0.3, 0.4) is 0 Å². The lowest BCUT2D eigenvalue weighted by molar-refractivity contribution is 0.0955. The molecule has 0 heterocycles. The number of rotatable bonds is 7. The molecule has 0 aromatic heterocycles. The second-order valence-corrected chi connectivity index (χ2v) is 8.97. The minimum atomic E-state index is -3.52. The predicted octanol–water partition coefficient (Wildman–Crippen LogP) is 3.43. The Hall–Kier alpha value is -3.65. The number of phenols is 1. The highest BCUT2D eigenvalue weighted by Gasteiger charge is 2.18. The molecule has 0 aliphatic carbocycles. The highest BCUT2D eigenvalue weighted by molar-refractivity contribution is 7.92. The number of aromatic hydroxyl groups is 1. The summed E-state index contributed by atoms with van der Waals surface area (Å²) in [6.45, 7) is 2.16. The first-order valence-corrected chi connectivity index (χ1v) is 11.3. The number of phenolic OH excluding ortho intramolecular Hbond substituents is 1. The summed E-state index contributed by atoms with van der Waals surface area (Å²) < 4.78 is 26.0. The number of para-hydroxylation sites is 1. The number of nitrogens with one attached hydrogen (secondary N) is 1. The van der Waals surface area contributed by atoms with Gasteiger partial charge in [0.15, 0.2) is 0 Å². The van der Waals surface area contributed by atoms with Gasteiger partial charge in [0.2, 0.25) is 10.0 Å². The van der Waals surface area contributed by atoms with Crippen LogP contribution in [0.1, 0.15) is 27.0 Å². The summed E-state index contributed by atoms with van der Waals surface area (Å²) >= 11 is 0. The Kier molecular flexibility index (Phi) is 6.71. The van der Waals surface area contributed by atoms with E-state index in [9.17, 15) is 18.3 Å². The van der Waals surface area contributed by atoms with Crippen molar-refractivity contribution in [3.8, 4) is 5.75 Å². The van der Waals surface area contributed by atoms with Crippen molar-refractivity contribution in [1.82, 2.24) is 5.43 Å². The average Bonchev–Trinajstić information content (AvgIpc) is 2.74. The van der Waals surface area contributed by atoms with Crippen LogP contribution in [0.15, 0.2) is 77.9 Å². The van der Waals surface area contributed by atoms with Crippen molar-refractivity contribution in [2.45, 2.75) is 13.5 Å². The first-order valence-electron chi connectivity index (χ1n) is 9.49. The number of hydrogen-bond donors (Lipinski definition) is 2. The standard InChI is InChI=1S/C23H23N3O4S/c1-17-7-9-18(10-8-17)16-26(31(2,29)30)21-13-11-19(12-14-21)23(28)25-24-15-20-5-3-4-6-22(20)27/h3-15,27H,16H2,1-2H3,(H,25,28)/b24-15-. The molecule has 3 aromatic rings. The van der Waals surface area contributed by atoms with E-state index in [4.69, 9.17) is 0 Å². The molecule has 0 unspecified atom stereocenters. The van der Waals surface area contributed by atoms with Gasteiger partial charge < -0.3 is 5.11 Å². The molecule has 160 valence electrons. The van der Waals surface area contributed by atoms with Crippen LogP contribution in [0, 0.1) is 6.92 Å². The van der Waals surface area contributed by atoms with Crippen molar-refractivity contribution < 1.29 is 18.3 Å². The number of sulfonamides is 1. The number of hydrazone groups is 1. The maximum atomic E-state index is 12.3. The SMILES string of the molecule is Cc1ccc(CN(c2ccc(C(=O)N/N=C\c3ccccc3O)cc2)S(C)(=O)=O)cc1. The van der Waals surface area contributed by atoms with E-state index in [2.05, 4.69) is 10.5 Å². The van der Waals surface area contributed by atoms with Gasteiger partial charge in [-0.25, -0.2) is 13.8 Å². The van der Waals surface area contributed by atoms with Crippen LogP contribution in [-0.2, 0) is 16.6 Å². The van der Waals surface area contributed by atoms with Crippen molar-refractivity contribution in [3.63, 3.8) is 0 Å². The van der Waals surface area contributed by atoms with Crippen molar-refractivity contribution in [1.29, 1.82) is 0 Å². The molecule has 7 nitrogen and oxygen atoms in total. The molecule has 0 aliphatic heterocycles. The van der Waals surface area contributed by atoms with Crippen LogP contribution in [0.5, 0.6) is 5.75 Å². The van der Waals surface area contributed by atoms with E-state index in [0.717, 1.165) is 17.4 Å². The van der Waals surface area contributed by atoms with Crippen molar-refractivity contribution in [2.24, 2.45) is 5.10 Å². The predicted molar refractivity (Wildman–Crippen MR) is 122 cm³/mol. The molecular weight excluding hydrogens is 414 g/mol. The zero-order chi connectivity index (χ0) is 22.4. The minimum Gasteiger partial charge on any atom is -0.507 e. The van der Waals surface area contributed by atoms with Gasteiger partial charge in [-0.1, -0.05) is 42.0 Å². The smallest absolute Gasteiger partial charge is 0.271 e. The Morgan fingerprint density at radius 3 is 2.29 bits per heavy atom. The van der Waals surface area contributed by atoms with E-state index in [-0.39, 0.29) is 12.3 Å². The Morgan fingerprint density at radius 2 is 1.68 bits per heavy atom. The molecule has 0 bridgehead atoms. The van der Waals surface area contributed by atoms with E-state index in [1.807, 2.05) is 31.2 Å². The maximum absolute atomic E-state index is 12.3. The average molecular weight is 438 g/mol. The molecule has 0 atom stereocenters. The third kappa shape index (κ3) is 5.93. The Balaban J connectivity index is 1.72. The van der Waals surface area contributed by atoms with Gasteiger partial charge in [-0.05, 0) is 48.9 Å². The van der Waals surface area contributed by atoms with Gasteiger partial charge in [-0.3, -0.25) is 9.10 Å². The highest BCUT2D eigenvalue weighted by atomic mass is 32.2. The van der Waals surface area contributed by atoms with Crippen molar-refractivity contribution in [3.05, 3.63) is 95.1 Å². The monoisotopic (exact) mass is 437 g/mol. The fraction of sp³-hybridized carbons (Fsp3) is 0.130. The quantitative estimate of drug-likeness (QED) is 0.437. The number of carbonyl (C=O) groups excluding carboxylic acids is 1. The number of nitrogens with zero attached hydrogens (tertiary/aromatic N) is 2. The number of anilines is 1. The topological polar surface area (TPSA) is 99.1 Å². The fourth-order valence-corrected chi connectivity index (χ4v) is 3.75. The summed E-state index contributed by atoms with van der Waals surface area (Å²) in [4.78, 5) is 12.3. The highest BCUT2D eigenvalue weighted by Crippen LogP contribution is 2.21. The van der Waals surface area contributed by atoms with Crippen LogP contribution < -0.4 is 9.73 Å². The van der Waals surface area contributed by atoms with Gasteiger partial charge >= 0.3 is 0 Å². The molecule has 0 saturated heterocycles. The first kappa shape index (κ1) is 22.0. The van der Waals surface area contributed by atoms with Crippen LogP contribution >= 0.6 is 0 Å². The molecule has 3 rings (SSSR count). The summed E-state index contributed by atoms with van der Waals surface area (Å²) in [7, 11) is -3.52. The molecule has 0 spiro atoms. The van der Waals surface area contributed by atoms with Gasteiger partial charge in [0.1, 0.15) is 5.75 Å². The summed E-state index contributed by atoms with van der Waals surface area (Å²) in [5.74, 6) is -0.401. The molecule has 3 aromatic carbocycles. The lowest BCUT2D eigenvalue weighted by Gasteiger charge is -2.22. The van der Waals surface area contributed by atoms with Crippen LogP contribution in [-0.4, -0.2) is 31.9 Å². The first-order chi connectivity index (χ1) is 14.7. The van der Waals surface area contributed by atoms with Gasteiger partial charge in [-0.15, -0.1) is 0 Å². The molecule has 2 N–H and O–H groups in total. The van der Waals surface area contributed by atoms with Gasteiger partial charge in [0.25, 0.3) is 5.91 Å². The molecule has 0 aliphatic rings. The zero-order valence-electron chi connectivity index (χ0n) is 17.2. The summed E-state index contributed by atoms with van der Waals surface area (Å²) in [5.41, 5.74) is 5.58. The van der Waals surface area contributed by atoms with Crippen LogP contribution in [0.2, 0.25) is 0 Å². The second kappa shape index (κ2) is 9.44. The second-order valence-electron chi connectivity index (χ2n) is 7.06. The van der Waals surface area contributed by atoms with Crippen LogP contribution in [0.4, 0.5) is 5.69 Å². The molecule has 0 radical (unpaired) electrons. The molecule has 8 heteroatoms. The van der Waals surface area contributed by atoms with E-state index in [1.54, 1.807) is 30.3 Å².